The SMILES string of the molecule is CCCC/C=C\CC1C(=O)CC(C)[C@@H]1CCC(O[Si](C)C)C(F)CCCC. The number of Topliss-reactive ketones (excluding diaryl/α,β-unsaturated/α-hetero) is 1. The summed E-state index contributed by atoms with van der Waals surface area (Å²) in [4.78, 5) is 12.5. The van der Waals surface area contributed by atoms with Gasteiger partial charge in [0.05, 0.1) is 6.10 Å². The maximum Gasteiger partial charge on any atom is 0.205 e. The van der Waals surface area contributed by atoms with Gasteiger partial charge in [-0.25, -0.2) is 4.39 Å². The molecule has 4 unspecified atom stereocenters. The van der Waals surface area contributed by atoms with Gasteiger partial charge in [-0.2, -0.15) is 0 Å². The minimum Gasteiger partial charge on any atom is -0.411 e. The van der Waals surface area contributed by atoms with E-state index in [2.05, 4.69) is 46.0 Å². The molecule has 0 amide bonds. The number of carbonyl (C=O) groups excluding carboxylic acids is 1. The van der Waals surface area contributed by atoms with Gasteiger partial charge in [-0.1, -0.05) is 58.6 Å². The Morgan fingerprint density at radius 3 is 2.52 bits per heavy atom. The quantitative estimate of drug-likeness (QED) is 0.181. The molecule has 27 heavy (non-hydrogen) atoms. The van der Waals surface area contributed by atoms with Crippen LogP contribution in [-0.4, -0.2) is 27.1 Å². The highest BCUT2D eigenvalue weighted by Gasteiger charge is 2.39. The Morgan fingerprint density at radius 2 is 1.89 bits per heavy atom. The van der Waals surface area contributed by atoms with E-state index in [0.717, 1.165) is 38.5 Å². The van der Waals surface area contributed by atoms with Crippen LogP contribution in [0.1, 0.15) is 85.0 Å². The fourth-order valence-electron chi connectivity index (χ4n) is 4.29. The number of ketones is 1. The monoisotopic (exact) mass is 397 g/mol. The zero-order chi connectivity index (χ0) is 20.2. The third-order valence-corrected chi connectivity index (χ3v) is 6.65. The molecule has 1 aliphatic carbocycles. The molecule has 0 aromatic carbocycles. The Hall–Kier alpha value is -0.483. The van der Waals surface area contributed by atoms with Crippen molar-refractivity contribution in [2.24, 2.45) is 17.8 Å². The van der Waals surface area contributed by atoms with Crippen LogP contribution in [0.2, 0.25) is 13.1 Å². The molecule has 1 rings (SSSR count). The second kappa shape index (κ2) is 13.7. The smallest absolute Gasteiger partial charge is 0.205 e. The normalized spacial score (nSPS) is 25.6. The van der Waals surface area contributed by atoms with Crippen LogP contribution in [0, 0.1) is 17.8 Å². The van der Waals surface area contributed by atoms with Gasteiger partial charge in [-0.15, -0.1) is 0 Å². The van der Waals surface area contributed by atoms with Crippen LogP contribution < -0.4 is 0 Å². The van der Waals surface area contributed by atoms with E-state index in [0.29, 0.717) is 30.5 Å². The first-order chi connectivity index (χ1) is 12.9. The predicted octanol–water partition coefficient (Wildman–Crippen LogP) is 6.91. The van der Waals surface area contributed by atoms with Crippen molar-refractivity contribution in [2.45, 2.75) is 110 Å². The lowest BCUT2D eigenvalue weighted by Crippen LogP contribution is -2.31. The van der Waals surface area contributed by atoms with Crippen LogP contribution in [0.15, 0.2) is 12.2 Å². The second-order valence-corrected chi connectivity index (χ2v) is 10.6. The van der Waals surface area contributed by atoms with Gasteiger partial charge in [-0.3, -0.25) is 4.79 Å². The number of carbonyl (C=O) groups is 1. The van der Waals surface area contributed by atoms with Gasteiger partial charge in [0.1, 0.15) is 12.0 Å². The number of rotatable bonds is 14. The van der Waals surface area contributed by atoms with E-state index in [9.17, 15) is 9.18 Å². The van der Waals surface area contributed by atoms with E-state index in [1.54, 1.807) is 0 Å². The predicted molar refractivity (Wildman–Crippen MR) is 115 cm³/mol. The van der Waals surface area contributed by atoms with Crippen LogP contribution in [0.25, 0.3) is 0 Å². The molecule has 1 aliphatic rings. The zero-order valence-corrected chi connectivity index (χ0v) is 19.3. The van der Waals surface area contributed by atoms with Crippen molar-refractivity contribution in [3.05, 3.63) is 12.2 Å². The van der Waals surface area contributed by atoms with Gasteiger partial charge >= 0.3 is 0 Å². The summed E-state index contributed by atoms with van der Waals surface area (Å²) in [7, 11) is -0.925. The van der Waals surface area contributed by atoms with Crippen LogP contribution in [0.5, 0.6) is 0 Å². The van der Waals surface area contributed by atoms with Gasteiger partial charge in [-0.05, 0) is 57.0 Å². The first-order valence-electron chi connectivity index (χ1n) is 11.2. The Kier molecular flexibility index (Phi) is 12.4. The molecule has 0 heterocycles. The molecule has 0 spiro atoms. The minimum atomic E-state index is -0.925. The van der Waals surface area contributed by atoms with Crippen LogP contribution in [-0.2, 0) is 9.22 Å². The average Bonchev–Trinajstić information content (AvgIpc) is 2.89. The molecular formula is C23H42FO2Si. The zero-order valence-electron chi connectivity index (χ0n) is 18.3. The summed E-state index contributed by atoms with van der Waals surface area (Å²) in [6.07, 6.45) is 12.5. The molecule has 2 nitrogen and oxygen atoms in total. The summed E-state index contributed by atoms with van der Waals surface area (Å²) in [6, 6.07) is 0. The molecule has 0 bridgehead atoms. The molecule has 0 N–H and O–H groups in total. The van der Waals surface area contributed by atoms with Crippen molar-refractivity contribution >= 4 is 14.8 Å². The Bertz CT molecular complexity index is 438. The number of halogens is 1. The van der Waals surface area contributed by atoms with E-state index in [-0.39, 0.29) is 12.0 Å². The summed E-state index contributed by atoms with van der Waals surface area (Å²) >= 11 is 0. The van der Waals surface area contributed by atoms with Crippen molar-refractivity contribution < 1.29 is 13.6 Å². The number of hydrogen-bond acceptors (Lipinski definition) is 2. The fourth-order valence-corrected chi connectivity index (χ4v) is 5.16. The van der Waals surface area contributed by atoms with Crippen LogP contribution in [0.4, 0.5) is 4.39 Å². The molecule has 1 fully saturated rings. The van der Waals surface area contributed by atoms with E-state index >= 15 is 0 Å². The molecule has 157 valence electrons. The summed E-state index contributed by atoms with van der Waals surface area (Å²) in [6.45, 7) is 10.6. The summed E-state index contributed by atoms with van der Waals surface area (Å²) in [5, 5.41) is 0. The van der Waals surface area contributed by atoms with Crippen molar-refractivity contribution in [1.82, 2.24) is 0 Å². The molecule has 1 saturated carbocycles. The lowest BCUT2D eigenvalue weighted by molar-refractivity contribution is -0.121. The number of allylic oxidation sites excluding steroid dienone is 2. The molecule has 0 aromatic rings. The number of alkyl halides is 1. The first kappa shape index (κ1) is 24.6. The van der Waals surface area contributed by atoms with Gasteiger partial charge < -0.3 is 4.43 Å². The third kappa shape index (κ3) is 9.04. The van der Waals surface area contributed by atoms with E-state index < -0.39 is 15.2 Å². The van der Waals surface area contributed by atoms with Crippen molar-refractivity contribution in [3.8, 4) is 0 Å². The van der Waals surface area contributed by atoms with Gasteiger partial charge in [0.15, 0.2) is 0 Å². The molecule has 0 aromatic heterocycles. The van der Waals surface area contributed by atoms with E-state index in [4.69, 9.17) is 4.43 Å². The molecule has 0 saturated heterocycles. The molecule has 0 aliphatic heterocycles. The highest BCUT2D eigenvalue weighted by Crippen LogP contribution is 2.40. The second-order valence-electron chi connectivity index (χ2n) is 8.57. The van der Waals surface area contributed by atoms with Gasteiger partial charge in [0.25, 0.3) is 0 Å². The van der Waals surface area contributed by atoms with Gasteiger partial charge in [0.2, 0.25) is 9.04 Å². The number of hydrogen-bond donors (Lipinski definition) is 0. The highest BCUT2D eigenvalue weighted by molar-refractivity contribution is 6.48. The van der Waals surface area contributed by atoms with Crippen molar-refractivity contribution in [1.29, 1.82) is 0 Å². The summed E-state index contributed by atoms with van der Waals surface area (Å²) in [5.74, 6) is 1.32. The number of unbranched alkanes of at least 4 members (excludes halogenated alkanes) is 3. The van der Waals surface area contributed by atoms with Crippen molar-refractivity contribution in [3.63, 3.8) is 0 Å². The molecule has 4 heteroatoms. The Morgan fingerprint density at radius 1 is 1.19 bits per heavy atom. The first-order valence-corrected chi connectivity index (χ1v) is 13.6. The minimum absolute atomic E-state index is 0.125. The van der Waals surface area contributed by atoms with Gasteiger partial charge in [0, 0.05) is 12.3 Å². The van der Waals surface area contributed by atoms with E-state index in [1.807, 2.05) is 0 Å². The van der Waals surface area contributed by atoms with Crippen LogP contribution >= 0.6 is 0 Å². The maximum absolute atomic E-state index is 14.7. The van der Waals surface area contributed by atoms with Crippen molar-refractivity contribution in [2.75, 3.05) is 0 Å². The third-order valence-electron chi connectivity index (χ3n) is 5.87. The Labute approximate surface area is 169 Å². The molecule has 1 radical (unpaired) electrons. The largest absolute Gasteiger partial charge is 0.411 e. The molecular weight excluding hydrogens is 355 g/mol. The summed E-state index contributed by atoms with van der Waals surface area (Å²) in [5.41, 5.74) is 0. The average molecular weight is 398 g/mol. The van der Waals surface area contributed by atoms with E-state index in [1.165, 1.54) is 12.8 Å². The highest BCUT2D eigenvalue weighted by atomic mass is 28.3. The molecule has 5 atom stereocenters. The maximum atomic E-state index is 14.7. The van der Waals surface area contributed by atoms with Crippen LogP contribution in [0.3, 0.4) is 0 Å². The topological polar surface area (TPSA) is 26.3 Å². The standard InChI is InChI=1S/C23H42FO2Si/c1-6-8-10-11-12-13-20-19(18(3)17-22(20)25)15-16-23(26-27(4)5)21(24)14-9-7-2/h11-12,18-21,23H,6-10,13-17H2,1-5H3/b12-11-/t18?,19-,20?,21?,23?/m0/s1. The Balaban J connectivity index is 2.63. The lowest BCUT2D eigenvalue weighted by Gasteiger charge is -2.27. The lowest BCUT2D eigenvalue weighted by atomic mass is 9.83. The fraction of sp³-hybridized carbons (Fsp3) is 0.870. The summed E-state index contributed by atoms with van der Waals surface area (Å²) < 4.78 is 20.7.